The molecular weight excluding hydrogens is 154 g/mol. The Balaban J connectivity index is 2.33. The van der Waals surface area contributed by atoms with Crippen molar-refractivity contribution < 1.29 is 9.59 Å². The highest BCUT2D eigenvalue weighted by Crippen LogP contribution is 2.40. The van der Waals surface area contributed by atoms with Gasteiger partial charge in [-0.25, -0.2) is 0 Å². The second-order valence-corrected chi connectivity index (χ2v) is 3.63. The molecule has 2 aliphatic rings. The Bertz CT molecular complexity index is 293. The van der Waals surface area contributed by atoms with E-state index in [9.17, 15) is 9.59 Å². The van der Waals surface area contributed by atoms with Gasteiger partial charge in [0.2, 0.25) is 5.91 Å². The van der Waals surface area contributed by atoms with Crippen LogP contribution in [0.2, 0.25) is 0 Å². The molecule has 0 spiro atoms. The largest absolute Gasteiger partial charge is 0.329 e. The molecule has 0 aromatic carbocycles. The van der Waals surface area contributed by atoms with Crippen LogP contribution in [0.15, 0.2) is 11.8 Å². The number of carbonyl (C=O) groups is 2. The van der Waals surface area contributed by atoms with Crippen molar-refractivity contribution in [2.24, 2.45) is 5.41 Å². The number of piperidine rings is 1. The third-order valence-corrected chi connectivity index (χ3v) is 2.83. The first-order valence-corrected chi connectivity index (χ1v) is 4.17. The average molecular weight is 165 g/mol. The fraction of sp³-hybridized carbons (Fsp3) is 0.556. The van der Waals surface area contributed by atoms with E-state index in [4.69, 9.17) is 0 Å². The van der Waals surface area contributed by atoms with Crippen molar-refractivity contribution in [3.63, 3.8) is 0 Å². The van der Waals surface area contributed by atoms with Crippen LogP contribution in [-0.2, 0) is 9.59 Å². The van der Waals surface area contributed by atoms with Gasteiger partial charge in [0.1, 0.15) is 5.78 Å². The van der Waals surface area contributed by atoms with Gasteiger partial charge < -0.3 is 5.32 Å². The predicted molar refractivity (Wildman–Crippen MR) is 43.2 cm³/mol. The first kappa shape index (κ1) is 7.53. The molecule has 1 atom stereocenters. The molecule has 0 aromatic rings. The summed E-state index contributed by atoms with van der Waals surface area (Å²) in [5.74, 6) is 0.269. The molecule has 1 fully saturated rings. The van der Waals surface area contributed by atoms with E-state index in [1.807, 2.05) is 13.0 Å². The number of hydrogen-bond donors (Lipinski definition) is 1. The number of nitrogens with one attached hydrogen (secondary N) is 1. The number of amides is 1. The maximum absolute atomic E-state index is 11.4. The lowest BCUT2D eigenvalue weighted by Gasteiger charge is -2.30. The summed E-state index contributed by atoms with van der Waals surface area (Å²) in [4.78, 5) is 22.4. The van der Waals surface area contributed by atoms with Crippen molar-refractivity contribution in [1.29, 1.82) is 0 Å². The van der Waals surface area contributed by atoms with Crippen molar-refractivity contribution in [2.45, 2.75) is 26.2 Å². The van der Waals surface area contributed by atoms with E-state index < -0.39 is 0 Å². The lowest BCUT2D eigenvalue weighted by molar-refractivity contribution is -0.128. The fourth-order valence-electron chi connectivity index (χ4n) is 1.83. The van der Waals surface area contributed by atoms with Crippen molar-refractivity contribution in [3.05, 3.63) is 11.8 Å². The molecule has 0 saturated carbocycles. The zero-order valence-electron chi connectivity index (χ0n) is 7.02. The molecule has 3 nitrogen and oxygen atoms in total. The van der Waals surface area contributed by atoms with Crippen LogP contribution in [0.5, 0.6) is 0 Å². The van der Waals surface area contributed by atoms with E-state index in [1.54, 1.807) is 0 Å². The van der Waals surface area contributed by atoms with E-state index in [0.717, 1.165) is 5.70 Å². The van der Waals surface area contributed by atoms with Crippen molar-refractivity contribution in [2.75, 3.05) is 0 Å². The molecule has 1 unspecified atom stereocenters. The van der Waals surface area contributed by atoms with Crippen molar-refractivity contribution >= 4 is 11.7 Å². The second kappa shape index (κ2) is 2.19. The van der Waals surface area contributed by atoms with Gasteiger partial charge in [0.25, 0.3) is 0 Å². The van der Waals surface area contributed by atoms with Gasteiger partial charge in [-0.3, -0.25) is 9.59 Å². The number of rotatable bonds is 0. The first-order valence-electron chi connectivity index (χ1n) is 4.17. The Hall–Kier alpha value is -1.12. The second-order valence-electron chi connectivity index (χ2n) is 3.63. The summed E-state index contributed by atoms with van der Waals surface area (Å²) in [6.45, 7) is 1.91. The molecule has 1 N–H and O–H groups in total. The summed E-state index contributed by atoms with van der Waals surface area (Å²) in [6, 6.07) is 0. The molecule has 2 rings (SSSR count). The third kappa shape index (κ3) is 0.823. The van der Waals surface area contributed by atoms with Crippen molar-refractivity contribution in [3.8, 4) is 0 Å². The van der Waals surface area contributed by atoms with Crippen LogP contribution in [-0.4, -0.2) is 11.7 Å². The van der Waals surface area contributed by atoms with Gasteiger partial charge in [-0.05, 0) is 13.3 Å². The summed E-state index contributed by atoms with van der Waals surface area (Å²) in [6.07, 6.45) is 3.45. The van der Waals surface area contributed by atoms with Gasteiger partial charge in [0, 0.05) is 18.5 Å². The van der Waals surface area contributed by atoms with Crippen LogP contribution in [0.3, 0.4) is 0 Å². The summed E-state index contributed by atoms with van der Waals surface area (Å²) < 4.78 is 0. The van der Waals surface area contributed by atoms with Crippen LogP contribution in [0.4, 0.5) is 0 Å². The normalized spacial score (nSPS) is 34.2. The molecule has 1 amide bonds. The van der Waals surface area contributed by atoms with E-state index >= 15 is 0 Å². The number of carbonyl (C=O) groups excluding carboxylic acids is 2. The van der Waals surface area contributed by atoms with E-state index in [0.29, 0.717) is 19.3 Å². The maximum Gasteiger partial charge on any atom is 0.224 e. The van der Waals surface area contributed by atoms with Gasteiger partial charge in [-0.2, -0.15) is 0 Å². The van der Waals surface area contributed by atoms with Crippen LogP contribution in [0.1, 0.15) is 26.2 Å². The molecule has 0 bridgehead atoms. The summed E-state index contributed by atoms with van der Waals surface area (Å²) in [5.41, 5.74) is 0.442. The van der Waals surface area contributed by atoms with E-state index in [-0.39, 0.29) is 17.1 Å². The number of hydrogen-bond acceptors (Lipinski definition) is 2. The number of ketones is 1. The Labute approximate surface area is 70.8 Å². The smallest absolute Gasteiger partial charge is 0.224 e. The number of allylic oxidation sites excluding steroid dienone is 2. The average Bonchev–Trinajstić information content (AvgIpc) is 2.31. The van der Waals surface area contributed by atoms with Gasteiger partial charge >= 0.3 is 0 Å². The third-order valence-electron chi connectivity index (χ3n) is 2.83. The van der Waals surface area contributed by atoms with Gasteiger partial charge in [0.15, 0.2) is 0 Å². The highest BCUT2D eigenvalue weighted by atomic mass is 16.2. The molecule has 3 heteroatoms. The molecule has 1 aliphatic carbocycles. The summed E-state index contributed by atoms with van der Waals surface area (Å²) >= 11 is 0. The SMILES string of the molecule is CC12CCC(=O)NC1=CCC2=O. The van der Waals surface area contributed by atoms with Crippen LogP contribution in [0, 0.1) is 5.41 Å². The topological polar surface area (TPSA) is 46.2 Å². The first-order chi connectivity index (χ1) is 5.63. The van der Waals surface area contributed by atoms with Crippen LogP contribution >= 0.6 is 0 Å². The van der Waals surface area contributed by atoms with Crippen LogP contribution < -0.4 is 5.32 Å². The minimum atomic E-state index is -0.381. The standard InChI is InChI=1S/C9H11NO2/c1-9-5-4-8(12)10-6(9)2-3-7(9)11/h2H,3-5H2,1H3,(H,10,12). The molecule has 12 heavy (non-hydrogen) atoms. The number of fused-ring (bicyclic) bond motifs is 1. The Kier molecular flexibility index (Phi) is 1.37. The van der Waals surface area contributed by atoms with Gasteiger partial charge in [-0.1, -0.05) is 6.08 Å². The van der Waals surface area contributed by atoms with Crippen molar-refractivity contribution in [1.82, 2.24) is 5.32 Å². The lowest BCUT2D eigenvalue weighted by Crippen LogP contribution is -2.40. The minimum absolute atomic E-state index is 0.0356. The number of Topliss-reactive ketones (excluding diaryl/α,β-unsaturated/α-hetero) is 1. The zero-order chi connectivity index (χ0) is 8.77. The fourth-order valence-corrected chi connectivity index (χ4v) is 1.83. The zero-order valence-corrected chi connectivity index (χ0v) is 7.02. The molecule has 1 saturated heterocycles. The highest BCUT2D eigenvalue weighted by molar-refractivity contribution is 5.95. The summed E-state index contributed by atoms with van der Waals surface area (Å²) in [5, 5.41) is 2.75. The Morgan fingerprint density at radius 1 is 1.50 bits per heavy atom. The lowest BCUT2D eigenvalue weighted by atomic mass is 9.79. The highest BCUT2D eigenvalue weighted by Gasteiger charge is 2.43. The minimum Gasteiger partial charge on any atom is -0.329 e. The molecule has 1 aliphatic heterocycles. The Morgan fingerprint density at radius 2 is 2.25 bits per heavy atom. The van der Waals surface area contributed by atoms with E-state index in [2.05, 4.69) is 5.32 Å². The van der Waals surface area contributed by atoms with E-state index in [1.165, 1.54) is 0 Å². The predicted octanol–water partition coefficient (Wildman–Crippen LogP) is 0.759. The van der Waals surface area contributed by atoms with Gasteiger partial charge in [-0.15, -0.1) is 0 Å². The molecular formula is C9H11NO2. The van der Waals surface area contributed by atoms with Crippen LogP contribution in [0.25, 0.3) is 0 Å². The molecule has 64 valence electrons. The summed E-state index contributed by atoms with van der Waals surface area (Å²) in [7, 11) is 0. The molecule has 1 heterocycles. The molecule has 0 radical (unpaired) electrons. The quantitative estimate of drug-likeness (QED) is 0.576. The maximum atomic E-state index is 11.4. The molecule has 0 aromatic heterocycles. The van der Waals surface area contributed by atoms with Gasteiger partial charge in [0.05, 0.1) is 5.41 Å². The monoisotopic (exact) mass is 165 g/mol. The Morgan fingerprint density at radius 3 is 3.00 bits per heavy atom.